The molecule has 0 bridgehead atoms. The van der Waals surface area contributed by atoms with Crippen LogP contribution in [0.1, 0.15) is 51.3 Å². The third kappa shape index (κ3) is 2.20. The third-order valence-corrected chi connectivity index (χ3v) is 4.73. The summed E-state index contributed by atoms with van der Waals surface area (Å²) < 4.78 is 2.16. The summed E-state index contributed by atoms with van der Waals surface area (Å²) in [7, 11) is 0. The molecule has 3 rings (SSSR count). The Balaban J connectivity index is 1.76. The molecule has 18 heavy (non-hydrogen) atoms. The summed E-state index contributed by atoms with van der Waals surface area (Å²) in [5.41, 5.74) is 1.40. The number of hydrogen-bond donors (Lipinski definition) is 1. The van der Waals surface area contributed by atoms with Crippen molar-refractivity contribution in [1.29, 1.82) is 0 Å². The van der Waals surface area contributed by atoms with Crippen LogP contribution in [0.15, 0.2) is 12.3 Å². The summed E-state index contributed by atoms with van der Waals surface area (Å²) in [5.74, 6) is 2.94. The van der Waals surface area contributed by atoms with Gasteiger partial charge in [-0.15, -0.1) is 0 Å². The van der Waals surface area contributed by atoms with Gasteiger partial charge in [-0.3, -0.25) is 4.68 Å². The standard InChI is InChI=1S/C15H25N3/c1-3-6-16-15(13-9-11-8-12(11)10-13)14-5-7-17-18(14)4-2/h5,7,11-13,15-16H,3-4,6,8-10H2,1-2H3. The molecule has 100 valence electrons. The molecule has 0 saturated heterocycles. The molecule has 2 saturated carbocycles. The molecule has 0 aromatic carbocycles. The first-order valence-electron chi connectivity index (χ1n) is 7.58. The minimum absolute atomic E-state index is 0.528. The quantitative estimate of drug-likeness (QED) is 0.837. The molecule has 1 N–H and O–H groups in total. The molecule has 3 nitrogen and oxygen atoms in total. The van der Waals surface area contributed by atoms with Crippen molar-refractivity contribution in [2.75, 3.05) is 6.54 Å². The van der Waals surface area contributed by atoms with E-state index in [9.17, 15) is 0 Å². The maximum absolute atomic E-state index is 4.44. The molecule has 1 heterocycles. The van der Waals surface area contributed by atoms with Crippen LogP contribution < -0.4 is 5.32 Å². The van der Waals surface area contributed by atoms with Crippen molar-refractivity contribution in [3.63, 3.8) is 0 Å². The van der Waals surface area contributed by atoms with E-state index in [0.29, 0.717) is 6.04 Å². The van der Waals surface area contributed by atoms with Crippen molar-refractivity contribution in [2.45, 2.75) is 52.1 Å². The van der Waals surface area contributed by atoms with Crippen LogP contribution in [0.2, 0.25) is 0 Å². The first-order valence-corrected chi connectivity index (χ1v) is 7.58. The number of hydrogen-bond acceptors (Lipinski definition) is 2. The smallest absolute Gasteiger partial charge is 0.0556 e. The van der Waals surface area contributed by atoms with Gasteiger partial charge >= 0.3 is 0 Å². The largest absolute Gasteiger partial charge is 0.308 e. The minimum Gasteiger partial charge on any atom is -0.308 e. The number of rotatable bonds is 6. The first-order chi connectivity index (χ1) is 8.83. The summed E-state index contributed by atoms with van der Waals surface area (Å²) in [6, 6.07) is 2.74. The van der Waals surface area contributed by atoms with Crippen molar-refractivity contribution >= 4 is 0 Å². The van der Waals surface area contributed by atoms with Gasteiger partial charge in [0.2, 0.25) is 0 Å². The average Bonchev–Trinajstić information content (AvgIpc) is 2.82. The molecule has 2 fully saturated rings. The molecule has 0 amide bonds. The molecule has 3 heteroatoms. The van der Waals surface area contributed by atoms with E-state index in [1.165, 1.54) is 31.4 Å². The van der Waals surface area contributed by atoms with Gasteiger partial charge in [-0.2, -0.15) is 5.10 Å². The lowest BCUT2D eigenvalue weighted by Gasteiger charge is -2.26. The van der Waals surface area contributed by atoms with Crippen LogP contribution in [0.4, 0.5) is 0 Å². The van der Waals surface area contributed by atoms with E-state index < -0.39 is 0 Å². The van der Waals surface area contributed by atoms with Gasteiger partial charge in [-0.05, 0) is 63.0 Å². The van der Waals surface area contributed by atoms with E-state index in [-0.39, 0.29) is 0 Å². The Bertz CT molecular complexity index is 388. The molecular formula is C15H25N3. The van der Waals surface area contributed by atoms with Gasteiger partial charge in [-0.25, -0.2) is 0 Å². The van der Waals surface area contributed by atoms with Crippen LogP contribution in [-0.4, -0.2) is 16.3 Å². The van der Waals surface area contributed by atoms with Crippen molar-refractivity contribution in [3.8, 4) is 0 Å². The third-order valence-electron chi connectivity index (χ3n) is 4.73. The molecule has 3 unspecified atom stereocenters. The molecule has 1 aromatic rings. The zero-order valence-corrected chi connectivity index (χ0v) is 11.6. The van der Waals surface area contributed by atoms with Gasteiger partial charge in [0.25, 0.3) is 0 Å². The lowest BCUT2D eigenvalue weighted by molar-refractivity contribution is 0.324. The van der Waals surface area contributed by atoms with E-state index in [1.54, 1.807) is 0 Å². The normalized spacial score (nSPS) is 31.3. The van der Waals surface area contributed by atoms with Crippen LogP contribution in [0, 0.1) is 17.8 Å². The highest BCUT2D eigenvalue weighted by Crippen LogP contribution is 2.57. The second kappa shape index (κ2) is 5.04. The molecule has 1 aromatic heterocycles. The van der Waals surface area contributed by atoms with Crippen molar-refractivity contribution in [3.05, 3.63) is 18.0 Å². The second-order valence-electron chi connectivity index (χ2n) is 5.99. The van der Waals surface area contributed by atoms with E-state index in [1.807, 2.05) is 6.20 Å². The molecule has 0 radical (unpaired) electrons. The van der Waals surface area contributed by atoms with E-state index in [4.69, 9.17) is 0 Å². The van der Waals surface area contributed by atoms with E-state index >= 15 is 0 Å². The van der Waals surface area contributed by atoms with Crippen LogP contribution in [-0.2, 0) is 6.54 Å². The van der Waals surface area contributed by atoms with Gasteiger partial charge in [-0.1, -0.05) is 6.92 Å². The fourth-order valence-corrected chi connectivity index (χ4v) is 3.72. The van der Waals surface area contributed by atoms with Crippen molar-refractivity contribution in [2.24, 2.45) is 17.8 Å². The maximum atomic E-state index is 4.44. The Kier molecular flexibility index (Phi) is 3.42. The molecule has 3 atom stereocenters. The van der Waals surface area contributed by atoms with Crippen LogP contribution in [0.25, 0.3) is 0 Å². The summed E-state index contributed by atoms with van der Waals surface area (Å²) in [6.45, 7) is 6.52. The number of nitrogens with one attached hydrogen (secondary N) is 1. The van der Waals surface area contributed by atoms with Crippen LogP contribution >= 0.6 is 0 Å². The first kappa shape index (κ1) is 12.2. The predicted octanol–water partition coefficient (Wildman–Crippen LogP) is 2.99. The molecule has 2 aliphatic rings. The highest BCUT2D eigenvalue weighted by molar-refractivity contribution is 5.12. The highest BCUT2D eigenvalue weighted by atomic mass is 15.3. The fraction of sp³-hybridized carbons (Fsp3) is 0.800. The number of nitrogens with zero attached hydrogens (tertiary/aromatic N) is 2. The molecular weight excluding hydrogens is 222 g/mol. The van der Waals surface area contributed by atoms with Crippen molar-refractivity contribution in [1.82, 2.24) is 15.1 Å². The Hall–Kier alpha value is -0.830. The van der Waals surface area contributed by atoms with Gasteiger partial charge in [0.15, 0.2) is 0 Å². The number of aromatic nitrogens is 2. The molecule has 2 aliphatic carbocycles. The zero-order valence-electron chi connectivity index (χ0n) is 11.6. The van der Waals surface area contributed by atoms with Gasteiger partial charge < -0.3 is 5.32 Å². The lowest BCUT2D eigenvalue weighted by atomic mass is 9.92. The van der Waals surface area contributed by atoms with Crippen LogP contribution in [0.5, 0.6) is 0 Å². The Morgan fingerprint density at radius 2 is 2.11 bits per heavy atom. The number of fused-ring (bicyclic) bond motifs is 1. The zero-order chi connectivity index (χ0) is 12.5. The lowest BCUT2D eigenvalue weighted by Crippen LogP contribution is -2.30. The molecule has 0 aliphatic heterocycles. The SMILES string of the molecule is CCCNC(c1ccnn1CC)C1CC2CC2C1. The minimum atomic E-state index is 0.528. The molecule has 0 spiro atoms. The Morgan fingerprint density at radius 3 is 2.78 bits per heavy atom. The van der Waals surface area contributed by atoms with Gasteiger partial charge in [0, 0.05) is 12.7 Å². The predicted molar refractivity (Wildman–Crippen MR) is 73.3 cm³/mol. The van der Waals surface area contributed by atoms with E-state index in [0.717, 1.165) is 30.8 Å². The number of aryl methyl sites for hydroxylation is 1. The average molecular weight is 247 g/mol. The Morgan fingerprint density at radius 1 is 1.33 bits per heavy atom. The van der Waals surface area contributed by atoms with Gasteiger partial charge in [0.1, 0.15) is 0 Å². The van der Waals surface area contributed by atoms with E-state index in [2.05, 4.69) is 35.0 Å². The summed E-state index contributed by atoms with van der Waals surface area (Å²) in [5, 5.41) is 8.21. The summed E-state index contributed by atoms with van der Waals surface area (Å²) in [4.78, 5) is 0. The highest BCUT2D eigenvalue weighted by Gasteiger charge is 2.48. The summed E-state index contributed by atoms with van der Waals surface area (Å²) >= 11 is 0. The van der Waals surface area contributed by atoms with Crippen molar-refractivity contribution < 1.29 is 0 Å². The fourth-order valence-electron chi connectivity index (χ4n) is 3.72. The maximum Gasteiger partial charge on any atom is 0.0556 e. The topological polar surface area (TPSA) is 29.9 Å². The Labute approximate surface area is 110 Å². The van der Waals surface area contributed by atoms with Crippen LogP contribution in [0.3, 0.4) is 0 Å². The van der Waals surface area contributed by atoms with Gasteiger partial charge in [0.05, 0.1) is 11.7 Å². The monoisotopic (exact) mass is 247 g/mol. The summed E-state index contributed by atoms with van der Waals surface area (Å²) in [6.07, 6.45) is 7.53. The second-order valence-corrected chi connectivity index (χ2v) is 5.99.